The van der Waals surface area contributed by atoms with E-state index >= 15 is 0 Å². The van der Waals surface area contributed by atoms with Crippen LogP contribution in [0.4, 0.5) is 0 Å². The lowest BCUT2D eigenvalue weighted by molar-refractivity contribution is -0.168. The van der Waals surface area contributed by atoms with Gasteiger partial charge in [0.15, 0.2) is 5.41 Å². The molecule has 0 spiro atoms. The lowest BCUT2D eigenvalue weighted by Crippen LogP contribution is -2.43. The normalized spacial score (nSPS) is 11.8. The quantitative estimate of drug-likeness (QED) is 0.118. The molecule has 0 N–H and O–H groups in total. The molecule has 0 heterocycles. The first-order valence-electron chi connectivity index (χ1n) is 14.2. The van der Waals surface area contributed by atoms with Gasteiger partial charge in [-0.3, -0.25) is 9.59 Å². The Morgan fingerprint density at radius 2 is 0.795 bits per heavy atom. The lowest BCUT2D eigenvalue weighted by Gasteiger charge is -2.37. The van der Waals surface area contributed by atoms with Crippen molar-refractivity contribution in [2.24, 2.45) is 5.41 Å². The van der Waals surface area contributed by atoms with E-state index in [1.165, 1.54) is 14.2 Å². The fraction of sp³-hybridized carbons (Fsp3) is 0.697. The average Bonchev–Trinajstić information content (AvgIpc) is 2.84. The highest BCUT2D eigenvalue weighted by Gasteiger charge is 2.48. The van der Waals surface area contributed by atoms with Crippen molar-refractivity contribution in [2.45, 2.75) is 129 Å². The molecule has 6 heteroatoms. The molecule has 0 aromatic carbocycles. The third-order valence-electron chi connectivity index (χ3n) is 8.52. The van der Waals surface area contributed by atoms with Crippen LogP contribution in [0.5, 0.6) is 0 Å². The second kappa shape index (κ2) is 16.0. The van der Waals surface area contributed by atoms with Gasteiger partial charge in [-0.1, -0.05) is 94.9 Å². The van der Waals surface area contributed by atoms with E-state index in [1.54, 1.807) is 0 Å². The summed E-state index contributed by atoms with van der Waals surface area (Å²) in [5.41, 5.74) is 8.33. The largest absolute Gasteiger partial charge is 0.468 e. The minimum absolute atomic E-state index is 0.0919. The molecule has 0 unspecified atom stereocenters. The molecule has 0 saturated carbocycles. The number of hydrogen-bond acceptors (Lipinski definition) is 4. The maximum atomic E-state index is 12.9. The van der Waals surface area contributed by atoms with Gasteiger partial charge in [-0.25, -0.2) is 0 Å². The number of ether oxygens (including phenoxy) is 2. The van der Waals surface area contributed by atoms with Gasteiger partial charge in [-0.15, -0.1) is 11.1 Å². The molecule has 0 saturated heterocycles. The molecule has 0 aliphatic rings. The van der Waals surface area contributed by atoms with Gasteiger partial charge in [0.1, 0.15) is 16.1 Å². The van der Waals surface area contributed by atoms with Gasteiger partial charge in [0.25, 0.3) is 0 Å². The predicted molar refractivity (Wildman–Crippen MR) is 169 cm³/mol. The van der Waals surface area contributed by atoms with E-state index in [2.05, 4.69) is 130 Å². The topological polar surface area (TPSA) is 52.6 Å². The fourth-order valence-electron chi connectivity index (χ4n) is 6.45. The molecule has 0 bridgehead atoms. The molecule has 0 aromatic rings. The number of carbonyl (C=O) groups is 2. The van der Waals surface area contributed by atoms with E-state index in [-0.39, 0.29) is 12.8 Å². The summed E-state index contributed by atoms with van der Waals surface area (Å²) in [5.74, 6) is 16.5. The number of esters is 2. The molecule has 0 aromatic heterocycles. The molecule has 216 valence electrons. The van der Waals surface area contributed by atoms with Crippen LogP contribution >= 0.6 is 0 Å². The Morgan fingerprint density at radius 1 is 0.538 bits per heavy atom. The summed E-state index contributed by atoms with van der Waals surface area (Å²) in [7, 11) is -1.36. The van der Waals surface area contributed by atoms with Crippen molar-refractivity contribution >= 4 is 28.1 Å². The number of methoxy groups -OCH3 is 2. The van der Waals surface area contributed by atoms with Crippen molar-refractivity contribution in [2.75, 3.05) is 14.2 Å². The number of hydrogen-bond donors (Lipinski definition) is 0. The van der Waals surface area contributed by atoms with Gasteiger partial charge in [0.2, 0.25) is 0 Å². The molecule has 4 nitrogen and oxygen atoms in total. The molecule has 0 amide bonds. The van der Waals surface area contributed by atoms with Crippen LogP contribution in [0.3, 0.4) is 0 Å². The molecule has 39 heavy (non-hydrogen) atoms. The summed E-state index contributed by atoms with van der Waals surface area (Å²) in [5, 5.41) is 0. The molecule has 0 radical (unpaired) electrons. The molecule has 0 aliphatic heterocycles. The fourth-order valence-corrected chi connectivity index (χ4v) is 16.7. The molecular weight excluding hydrogens is 517 g/mol. The second-order valence-electron chi connectivity index (χ2n) is 12.3. The highest BCUT2D eigenvalue weighted by Crippen LogP contribution is 2.41. The van der Waals surface area contributed by atoms with E-state index < -0.39 is 33.5 Å². The van der Waals surface area contributed by atoms with Crippen molar-refractivity contribution in [1.29, 1.82) is 0 Å². The van der Waals surface area contributed by atoms with E-state index in [9.17, 15) is 9.59 Å². The Balaban J connectivity index is 6.45. The monoisotopic (exact) mass is 568 g/mol. The molecule has 0 atom stereocenters. The smallest absolute Gasteiger partial charge is 0.325 e. The van der Waals surface area contributed by atoms with Crippen LogP contribution < -0.4 is 0 Å². The van der Waals surface area contributed by atoms with Crippen LogP contribution in [0, 0.1) is 52.0 Å². The van der Waals surface area contributed by atoms with Gasteiger partial charge in [-0.05, 0) is 56.9 Å². The highest BCUT2D eigenvalue weighted by atomic mass is 28.3. The first-order valence-corrected chi connectivity index (χ1v) is 18.7. The zero-order valence-electron chi connectivity index (χ0n) is 27.0. The lowest BCUT2D eigenvalue weighted by atomic mass is 9.81. The van der Waals surface area contributed by atoms with Crippen molar-refractivity contribution in [3.8, 4) is 46.6 Å². The van der Waals surface area contributed by atoms with E-state index in [0.717, 1.165) is 0 Å². The Morgan fingerprint density at radius 3 is 1.00 bits per heavy atom. The van der Waals surface area contributed by atoms with E-state index in [0.29, 0.717) is 33.2 Å². The van der Waals surface area contributed by atoms with Crippen LogP contribution in [0.15, 0.2) is 0 Å². The van der Waals surface area contributed by atoms with Crippen LogP contribution in [-0.2, 0) is 19.1 Å². The van der Waals surface area contributed by atoms with E-state index in [1.807, 2.05) is 0 Å². The van der Waals surface area contributed by atoms with Gasteiger partial charge in [0, 0.05) is 12.8 Å². The third kappa shape index (κ3) is 8.30. The van der Waals surface area contributed by atoms with Gasteiger partial charge in [-0.2, -0.15) is 0 Å². The van der Waals surface area contributed by atoms with Crippen LogP contribution in [0.25, 0.3) is 0 Å². The van der Waals surface area contributed by atoms with Gasteiger partial charge in [0.05, 0.1) is 14.2 Å². The summed E-state index contributed by atoms with van der Waals surface area (Å²) in [6.07, 6.45) is -0.184. The number of rotatable bonds is 10. The summed E-state index contributed by atoms with van der Waals surface area (Å²) in [4.78, 5) is 25.8. The second-order valence-corrected chi connectivity index (χ2v) is 23.5. The molecule has 0 aliphatic carbocycles. The first kappa shape index (κ1) is 36.6. The number of carbonyl (C=O) groups excluding carboxylic acids is 2. The predicted octanol–water partition coefficient (Wildman–Crippen LogP) is 7.55. The Labute approximate surface area is 242 Å². The summed E-state index contributed by atoms with van der Waals surface area (Å²) >= 11 is 0. The maximum Gasteiger partial charge on any atom is 0.325 e. The van der Waals surface area contributed by atoms with Crippen molar-refractivity contribution in [1.82, 2.24) is 0 Å². The first-order chi connectivity index (χ1) is 18.0. The zero-order chi connectivity index (χ0) is 30.6. The van der Waals surface area contributed by atoms with Crippen molar-refractivity contribution in [3.05, 3.63) is 0 Å². The Bertz CT molecular complexity index is 952. The van der Waals surface area contributed by atoms with Crippen LogP contribution in [-0.4, -0.2) is 42.3 Å². The molecular formula is C33H52O4Si2. The third-order valence-corrected chi connectivity index (χ3v) is 21.1. The highest BCUT2D eigenvalue weighted by molar-refractivity contribution is 6.91. The summed E-state index contributed by atoms with van der Waals surface area (Å²) < 4.78 is 10.0. The SMILES string of the molecule is COC(=O)C(CC#CC#C[Si](C(C)C)(C(C)C)C(C)C)(CC#CC#C[Si](C(C)C)(C(C)C)C(C)C)C(=O)OC. The van der Waals surface area contributed by atoms with Crippen molar-refractivity contribution in [3.63, 3.8) is 0 Å². The zero-order valence-corrected chi connectivity index (χ0v) is 29.0. The van der Waals surface area contributed by atoms with Crippen LogP contribution in [0.1, 0.15) is 95.9 Å². The molecule has 0 fully saturated rings. The van der Waals surface area contributed by atoms with Crippen molar-refractivity contribution < 1.29 is 19.1 Å². The summed E-state index contributed by atoms with van der Waals surface area (Å²) in [6.45, 7) is 26.9. The Hall–Kier alpha value is -2.39. The van der Waals surface area contributed by atoms with Gasteiger partial charge >= 0.3 is 11.9 Å². The van der Waals surface area contributed by atoms with Gasteiger partial charge < -0.3 is 9.47 Å². The molecule has 0 rings (SSSR count). The minimum atomic E-state index is -1.93. The Kier molecular flexibility index (Phi) is 15.0. The summed E-state index contributed by atoms with van der Waals surface area (Å²) in [6, 6.07) is 0. The minimum Gasteiger partial charge on any atom is -0.468 e. The van der Waals surface area contributed by atoms with Crippen LogP contribution in [0.2, 0.25) is 33.2 Å². The standard InChI is InChI=1S/C33H52O4Si2/c1-25(2)38(26(3)4,27(5)6)23-19-15-17-21-33(31(34)36-13,32(35)37-14)22-18-16-20-24-39(28(7)8,29(9)10)30(11)12/h25-30H,21-22H2,1-14H3. The van der Waals surface area contributed by atoms with E-state index in [4.69, 9.17) is 9.47 Å². The maximum absolute atomic E-state index is 12.9. The average molecular weight is 569 g/mol.